The molecule has 0 N–H and O–H groups in total. The molecule has 9 aromatic rings. The highest BCUT2D eigenvalue weighted by atomic mass is 15.0. The second-order valence-corrected chi connectivity index (χ2v) is 13.8. The van der Waals surface area contributed by atoms with E-state index in [9.17, 15) is 0 Å². The van der Waals surface area contributed by atoms with E-state index in [0.29, 0.717) is 0 Å². The molecule has 1 aromatic heterocycles. The number of benzene rings is 8. The van der Waals surface area contributed by atoms with Crippen molar-refractivity contribution in [2.75, 3.05) is 0 Å². The molecule has 0 saturated heterocycles. The van der Waals surface area contributed by atoms with Crippen LogP contribution in [0.15, 0.2) is 201 Å². The van der Waals surface area contributed by atoms with Gasteiger partial charge in [-0.3, -0.25) is 0 Å². The molecule has 1 atom stereocenters. The van der Waals surface area contributed by atoms with Crippen LogP contribution in [-0.2, 0) is 0 Å². The fourth-order valence-corrected chi connectivity index (χ4v) is 8.34. The van der Waals surface area contributed by atoms with Crippen LogP contribution in [0.25, 0.3) is 77.6 Å². The van der Waals surface area contributed by atoms with Crippen molar-refractivity contribution in [3.05, 3.63) is 217 Å². The molecule has 0 spiro atoms. The Morgan fingerprint density at radius 2 is 0.827 bits per heavy atom. The van der Waals surface area contributed by atoms with Crippen LogP contribution in [0.4, 0.5) is 0 Å². The molecule has 0 radical (unpaired) electrons. The van der Waals surface area contributed by atoms with Gasteiger partial charge in [-0.15, -0.1) is 0 Å². The maximum Gasteiger partial charge on any atom is 0.0541 e. The van der Waals surface area contributed by atoms with Crippen LogP contribution in [0.2, 0.25) is 0 Å². The van der Waals surface area contributed by atoms with Gasteiger partial charge in [0.25, 0.3) is 0 Å². The fourth-order valence-electron chi connectivity index (χ4n) is 8.34. The van der Waals surface area contributed by atoms with Gasteiger partial charge in [0, 0.05) is 22.4 Å². The van der Waals surface area contributed by atoms with Crippen molar-refractivity contribution in [2.24, 2.45) is 0 Å². The molecule has 1 unspecified atom stereocenters. The lowest BCUT2D eigenvalue weighted by Crippen LogP contribution is -2.11. The third kappa shape index (κ3) is 4.93. The average molecular weight is 662 g/mol. The van der Waals surface area contributed by atoms with Gasteiger partial charge in [0.1, 0.15) is 0 Å². The van der Waals surface area contributed by atoms with E-state index < -0.39 is 0 Å². The third-order valence-electron chi connectivity index (χ3n) is 10.9. The van der Waals surface area contributed by atoms with Gasteiger partial charge in [0.2, 0.25) is 0 Å². The standard InChI is InChI=1S/C51H35N/c1-34-43-16-2-3-17-44(43)45-18-4-5-21-48(45)51(34)37-26-24-35(25-27-37)38-12-10-14-40(32-38)41-15-11-13-39(33-41)36-28-30-42(31-29-36)52-49-22-8-6-19-46(49)47-20-7-9-23-50(47)52/h2-33,51H,1H2. The number of rotatable bonds is 5. The zero-order valence-corrected chi connectivity index (χ0v) is 28.7. The third-order valence-corrected chi connectivity index (χ3v) is 10.9. The second kappa shape index (κ2) is 12.3. The van der Waals surface area contributed by atoms with Gasteiger partial charge in [0.05, 0.1) is 11.0 Å². The molecule has 10 rings (SSSR count). The Morgan fingerprint density at radius 1 is 0.365 bits per heavy atom. The summed E-state index contributed by atoms with van der Waals surface area (Å²) in [6.45, 7) is 4.60. The van der Waals surface area contributed by atoms with Crippen LogP contribution in [0.3, 0.4) is 0 Å². The van der Waals surface area contributed by atoms with Crippen LogP contribution in [0, 0.1) is 0 Å². The maximum absolute atomic E-state index is 4.60. The molecule has 1 heteroatoms. The Labute approximate surface area is 304 Å². The molecular formula is C51H35N. The van der Waals surface area contributed by atoms with Gasteiger partial charge < -0.3 is 4.57 Å². The van der Waals surface area contributed by atoms with Gasteiger partial charge in [-0.25, -0.2) is 0 Å². The molecule has 1 heterocycles. The molecule has 0 amide bonds. The van der Waals surface area contributed by atoms with Gasteiger partial charge in [0.15, 0.2) is 0 Å². The van der Waals surface area contributed by atoms with Crippen LogP contribution >= 0.6 is 0 Å². The molecule has 0 aliphatic heterocycles. The van der Waals surface area contributed by atoms with Crippen molar-refractivity contribution in [3.63, 3.8) is 0 Å². The van der Waals surface area contributed by atoms with E-state index in [4.69, 9.17) is 0 Å². The summed E-state index contributed by atoms with van der Waals surface area (Å²) < 4.78 is 2.37. The summed E-state index contributed by atoms with van der Waals surface area (Å²) in [5, 5.41) is 2.56. The molecular weight excluding hydrogens is 627 g/mol. The first-order chi connectivity index (χ1) is 25.7. The molecule has 0 bridgehead atoms. The van der Waals surface area contributed by atoms with Crippen LogP contribution in [0.5, 0.6) is 0 Å². The minimum Gasteiger partial charge on any atom is -0.309 e. The van der Waals surface area contributed by atoms with Gasteiger partial charge in [-0.1, -0.05) is 164 Å². The Bertz CT molecular complexity index is 2740. The predicted molar refractivity (Wildman–Crippen MR) is 220 cm³/mol. The summed E-state index contributed by atoms with van der Waals surface area (Å²) in [4.78, 5) is 0. The van der Waals surface area contributed by atoms with Crippen LogP contribution < -0.4 is 0 Å². The predicted octanol–water partition coefficient (Wildman–Crippen LogP) is 13.6. The van der Waals surface area contributed by atoms with Gasteiger partial charge >= 0.3 is 0 Å². The van der Waals surface area contributed by atoms with E-state index in [1.54, 1.807) is 0 Å². The maximum atomic E-state index is 4.60. The summed E-state index contributed by atoms with van der Waals surface area (Å²) >= 11 is 0. The summed E-state index contributed by atoms with van der Waals surface area (Å²) in [6.07, 6.45) is 0. The average Bonchev–Trinajstić information content (AvgIpc) is 3.56. The largest absolute Gasteiger partial charge is 0.309 e. The van der Waals surface area contributed by atoms with Crippen molar-refractivity contribution >= 4 is 27.4 Å². The topological polar surface area (TPSA) is 4.93 Å². The molecule has 52 heavy (non-hydrogen) atoms. The SMILES string of the molecule is C=C1c2ccccc2-c2ccccc2C1c1ccc(-c2cccc(-c3cccc(-c4ccc(-n5c6ccccc6c6ccccc65)cc4)c3)c2)cc1. The number of hydrogen-bond donors (Lipinski definition) is 0. The number of nitrogens with zero attached hydrogens (tertiary/aromatic N) is 1. The first-order valence-electron chi connectivity index (χ1n) is 18.0. The Kier molecular flexibility index (Phi) is 7.11. The summed E-state index contributed by atoms with van der Waals surface area (Å²) in [5.41, 5.74) is 18.4. The molecule has 0 saturated carbocycles. The van der Waals surface area contributed by atoms with Crippen molar-refractivity contribution in [3.8, 4) is 50.2 Å². The molecule has 1 aliphatic rings. The highest BCUT2D eigenvalue weighted by Gasteiger charge is 2.28. The smallest absolute Gasteiger partial charge is 0.0541 e. The monoisotopic (exact) mass is 661 g/mol. The number of allylic oxidation sites excluding steroid dienone is 1. The molecule has 8 aromatic carbocycles. The molecule has 0 fully saturated rings. The Hall–Kier alpha value is -6.70. The molecule has 244 valence electrons. The van der Waals surface area contributed by atoms with Crippen molar-refractivity contribution in [1.29, 1.82) is 0 Å². The minimum atomic E-state index is 0.130. The first kappa shape index (κ1) is 30.2. The number of aromatic nitrogens is 1. The second-order valence-electron chi connectivity index (χ2n) is 13.8. The number of fused-ring (bicyclic) bond motifs is 6. The number of para-hydroxylation sites is 2. The lowest BCUT2D eigenvalue weighted by atomic mass is 9.73. The normalized spacial score (nSPS) is 13.6. The van der Waals surface area contributed by atoms with Crippen molar-refractivity contribution < 1.29 is 0 Å². The van der Waals surface area contributed by atoms with Crippen LogP contribution in [0.1, 0.15) is 22.6 Å². The van der Waals surface area contributed by atoms with Gasteiger partial charge in [-0.2, -0.15) is 0 Å². The lowest BCUT2D eigenvalue weighted by Gasteiger charge is -2.30. The summed E-state index contributed by atoms with van der Waals surface area (Å²) in [7, 11) is 0. The van der Waals surface area contributed by atoms with E-state index in [0.717, 1.165) is 11.3 Å². The zero-order valence-electron chi connectivity index (χ0n) is 28.7. The van der Waals surface area contributed by atoms with Crippen molar-refractivity contribution in [2.45, 2.75) is 5.92 Å². The van der Waals surface area contributed by atoms with E-state index in [1.807, 2.05) is 0 Å². The zero-order chi connectivity index (χ0) is 34.6. The van der Waals surface area contributed by atoms with E-state index in [-0.39, 0.29) is 5.92 Å². The minimum absolute atomic E-state index is 0.130. The van der Waals surface area contributed by atoms with E-state index in [1.165, 1.54) is 83.0 Å². The molecule has 1 nitrogen and oxygen atoms in total. The first-order valence-corrected chi connectivity index (χ1v) is 18.0. The van der Waals surface area contributed by atoms with E-state index in [2.05, 4.69) is 205 Å². The fraction of sp³-hybridized carbons (Fsp3) is 0.0196. The number of hydrogen-bond acceptors (Lipinski definition) is 0. The van der Waals surface area contributed by atoms with Crippen LogP contribution in [-0.4, -0.2) is 4.57 Å². The summed E-state index contributed by atoms with van der Waals surface area (Å²) in [6, 6.07) is 70.6. The Morgan fingerprint density at radius 3 is 1.42 bits per heavy atom. The highest BCUT2D eigenvalue weighted by molar-refractivity contribution is 6.09. The van der Waals surface area contributed by atoms with Gasteiger partial charge in [-0.05, 0) is 103 Å². The highest BCUT2D eigenvalue weighted by Crippen LogP contribution is 2.48. The van der Waals surface area contributed by atoms with Crippen molar-refractivity contribution in [1.82, 2.24) is 4.57 Å². The Balaban J connectivity index is 0.940. The summed E-state index contributed by atoms with van der Waals surface area (Å²) in [5.74, 6) is 0.130. The quantitative estimate of drug-likeness (QED) is 0.173. The van der Waals surface area contributed by atoms with E-state index >= 15 is 0 Å². The molecule has 1 aliphatic carbocycles. The lowest BCUT2D eigenvalue weighted by molar-refractivity contribution is 1.04.